The quantitative estimate of drug-likeness (QED) is 0.209. The number of rotatable bonds is 9. The average molecular weight is 425 g/mol. The van der Waals surface area contributed by atoms with Crippen LogP contribution in [-0.4, -0.2) is 66.0 Å². The summed E-state index contributed by atoms with van der Waals surface area (Å²) in [7, 11) is -7.19. The van der Waals surface area contributed by atoms with E-state index in [4.69, 9.17) is 32.3 Å². The van der Waals surface area contributed by atoms with Gasteiger partial charge in [0.25, 0.3) is 10.1 Å². The Morgan fingerprint density at radius 2 is 2.00 bits per heavy atom. The Hall–Kier alpha value is 1.95. The van der Waals surface area contributed by atoms with E-state index in [0.29, 0.717) is 37.9 Å². The molecule has 1 aliphatic rings. The molecule has 0 aromatic rings. The zero-order chi connectivity index (χ0) is 15.9. The van der Waals surface area contributed by atoms with Gasteiger partial charge in [-0.1, -0.05) is 0 Å². The Morgan fingerprint density at radius 1 is 1.41 bits per heavy atom. The van der Waals surface area contributed by atoms with Crippen LogP contribution < -0.4 is 34.6 Å². The van der Waals surface area contributed by atoms with Crippen molar-refractivity contribution in [3.8, 4) is 0 Å². The third kappa shape index (κ3) is 8.87. The van der Waals surface area contributed by atoms with Gasteiger partial charge in [0.2, 0.25) is 0 Å². The minimum absolute atomic E-state index is 0. The molecule has 2 N–H and O–H groups in total. The molecule has 1 rings (SSSR count). The summed E-state index contributed by atoms with van der Waals surface area (Å²) in [6.45, 7) is 1.05. The smallest absolute Gasteiger partial charge is 1.00 e. The van der Waals surface area contributed by atoms with Crippen LogP contribution in [0, 0.1) is 0 Å². The number of halogens is 2. The van der Waals surface area contributed by atoms with Crippen LogP contribution in [0.1, 0.15) is 7.85 Å². The molecule has 0 aromatic heterocycles. The van der Waals surface area contributed by atoms with Crippen molar-refractivity contribution in [1.82, 2.24) is 9.76 Å². The fourth-order valence-electron chi connectivity index (χ4n) is 1.72. The Bertz CT molecular complexity index is 473. The van der Waals surface area contributed by atoms with E-state index < -0.39 is 17.8 Å². The summed E-state index contributed by atoms with van der Waals surface area (Å²) >= 11 is 12.7. The van der Waals surface area contributed by atoms with Crippen LogP contribution in [0.2, 0.25) is 0 Å². The van der Waals surface area contributed by atoms with Crippen molar-refractivity contribution in [1.29, 1.82) is 0 Å². The second-order valence-electron chi connectivity index (χ2n) is 4.25. The van der Waals surface area contributed by atoms with Crippen molar-refractivity contribution >= 4 is 52.8 Å². The van der Waals surface area contributed by atoms with Gasteiger partial charge >= 0.3 is 37.2 Å². The summed E-state index contributed by atoms with van der Waals surface area (Å²) in [5.74, 6) is 0.467. The Kier molecular flexibility index (Phi) is 12.6. The van der Waals surface area contributed by atoms with Gasteiger partial charge in [0, 0.05) is 30.6 Å². The molecule has 2 atom stereocenters. The normalized spacial score (nSPS) is 25.9. The zero-order valence-corrected chi connectivity index (χ0v) is 18.3. The Morgan fingerprint density at radius 3 is 2.50 bits per heavy atom. The molecule has 13 heteroatoms. The summed E-state index contributed by atoms with van der Waals surface area (Å²) in [4.78, 5) is 0. The van der Waals surface area contributed by atoms with E-state index in [2.05, 4.69) is 5.09 Å². The molecule has 0 saturated carbocycles. The van der Waals surface area contributed by atoms with E-state index in [1.165, 1.54) is 11.8 Å². The molecule has 0 spiro atoms. The van der Waals surface area contributed by atoms with Gasteiger partial charge in [-0.3, -0.25) is 9.12 Å². The van der Waals surface area contributed by atoms with Gasteiger partial charge in [-0.25, -0.2) is 9.76 Å². The molecule has 128 valence electrons. The SMILES string of the molecule is O=P1(N(CCCl)CCCl)NC(SCCS(=O)(=O)O)CCO1.[H-].[Na+]. The summed E-state index contributed by atoms with van der Waals surface area (Å²) < 4.78 is 49.8. The van der Waals surface area contributed by atoms with Gasteiger partial charge in [-0.05, 0) is 6.42 Å². The summed E-state index contributed by atoms with van der Waals surface area (Å²) in [5.41, 5.74) is 0. The predicted molar refractivity (Wildman–Crippen MR) is 88.1 cm³/mol. The molecular weight excluding hydrogens is 405 g/mol. The maximum absolute atomic E-state index is 12.8. The molecule has 0 aromatic carbocycles. The van der Waals surface area contributed by atoms with Gasteiger partial charge in [-0.2, -0.15) is 8.42 Å². The van der Waals surface area contributed by atoms with E-state index in [0.717, 1.165) is 0 Å². The van der Waals surface area contributed by atoms with Crippen LogP contribution in [0.4, 0.5) is 0 Å². The van der Waals surface area contributed by atoms with Crippen molar-refractivity contribution in [3.63, 3.8) is 0 Å². The van der Waals surface area contributed by atoms with Crippen molar-refractivity contribution in [2.24, 2.45) is 0 Å². The average Bonchev–Trinajstić information content (AvgIpc) is 2.37. The third-order valence-corrected chi connectivity index (χ3v) is 7.67. The molecule has 1 heterocycles. The molecule has 2 unspecified atom stereocenters. The predicted octanol–water partition coefficient (Wildman–Crippen LogP) is -1.05. The van der Waals surface area contributed by atoms with Crippen LogP contribution in [-0.2, 0) is 19.2 Å². The first-order valence-electron chi connectivity index (χ1n) is 6.27. The maximum Gasteiger partial charge on any atom is 1.00 e. The molecule has 0 radical (unpaired) electrons. The molecular formula is C9H20Cl2N2NaO5PS2. The van der Waals surface area contributed by atoms with Crippen molar-refractivity contribution in [2.75, 3.05) is 43.0 Å². The molecule has 0 bridgehead atoms. The van der Waals surface area contributed by atoms with Crippen LogP contribution >= 0.6 is 42.6 Å². The minimum Gasteiger partial charge on any atom is -1.00 e. The number of hydrogen-bond donors (Lipinski definition) is 2. The van der Waals surface area contributed by atoms with E-state index >= 15 is 0 Å². The monoisotopic (exact) mass is 424 g/mol. The second-order valence-corrected chi connectivity index (χ2v) is 10.0. The molecule has 1 saturated heterocycles. The van der Waals surface area contributed by atoms with Gasteiger partial charge in [0.05, 0.1) is 17.7 Å². The number of nitrogens with zero attached hydrogens (tertiary/aromatic N) is 1. The fraction of sp³-hybridized carbons (Fsp3) is 1.00. The maximum atomic E-state index is 12.8. The largest absolute Gasteiger partial charge is 1.00 e. The number of hydrogen-bond acceptors (Lipinski definition) is 5. The van der Waals surface area contributed by atoms with Crippen molar-refractivity contribution in [2.45, 2.75) is 11.8 Å². The third-order valence-electron chi connectivity index (χ3n) is 2.67. The molecule has 22 heavy (non-hydrogen) atoms. The standard InChI is InChI=1S/C9H19Cl2N2O5PS2.Na.H/c10-2-4-13(5-3-11)19(14)12-9(1-6-18-19)20-7-8-21(15,16)17;;/h9H,1-8H2,(H,12,14)(H,15,16,17);;/q;+1;-1. The van der Waals surface area contributed by atoms with Crippen molar-refractivity contribution in [3.05, 3.63) is 0 Å². The van der Waals surface area contributed by atoms with Gasteiger partial charge in [-0.15, -0.1) is 35.0 Å². The summed E-state index contributed by atoms with van der Waals surface area (Å²) in [6, 6.07) is 0. The Balaban J connectivity index is 0. The number of nitrogens with one attached hydrogen (secondary N) is 1. The first-order valence-corrected chi connectivity index (χ1v) is 11.6. The van der Waals surface area contributed by atoms with Crippen molar-refractivity contribution < 1.29 is 53.0 Å². The van der Waals surface area contributed by atoms with Crippen LogP contribution in [0.25, 0.3) is 0 Å². The first kappa shape index (κ1) is 23.9. The topological polar surface area (TPSA) is 95.9 Å². The minimum atomic E-state index is -3.98. The van der Waals surface area contributed by atoms with Gasteiger partial charge < -0.3 is 5.95 Å². The molecule has 1 fully saturated rings. The fourth-order valence-corrected chi connectivity index (χ4v) is 6.81. The van der Waals surface area contributed by atoms with E-state index in [9.17, 15) is 13.0 Å². The molecule has 0 amide bonds. The molecule has 0 aliphatic carbocycles. The Labute approximate surface area is 169 Å². The zero-order valence-electron chi connectivity index (χ0n) is 13.3. The van der Waals surface area contributed by atoms with E-state index in [1.54, 1.807) is 4.67 Å². The number of alkyl halides is 2. The molecule has 1 aliphatic heterocycles. The van der Waals surface area contributed by atoms with E-state index in [1.807, 2.05) is 0 Å². The van der Waals surface area contributed by atoms with Crippen LogP contribution in [0.15, 0.2) is 0 Å². The van der Waals surface area contributed by atoms with Crippen LogP contribution in [0.3, 0.4) is 0 Å². The summed E-state index contributed by atoms with van der Waals surface area (Å²) in [5, 5.41) is 2.71. The van der Waals surface area contributed by atoms with Gasteiger partial charge in [0.1, 0.15) is 0 Å². The second kappa shape index (κ2) is 11.5. The number of thioether (sulfide) groups is 1. The van der Waals surface area contributed by atoms with Crippen LogP contribution in [0.5, 0.6) is 0 Å². The summed E-state index contributed by atoms with van der Waals surface area (Å²) in [6.07, 6.45) is 0.593. The van der Waals surface area contributed by atoms with Gasteiger partial charge in [0.15, 0.2) is 0 Å². The molecule has 7 nitrogen and oxygen atoms in total. The van der Waals surface area contributed by atoms with E-state index in [-0.39, 0.29) is 47.9 Å². The first-order chi connectivity index (χ1) is 9.80.